The molecule has 0 saturated carbocycles. The van der Waals surface area contributed by atoms with E-state index in [1.54, 1.807) is 6.33 Å². The zero-order valence-electron chi connectivity index (χ0n) is 14.9. The Bertz CT molecular complexity index is 693. The number of nitrogens with zero attached hydrogens (tertiary/aromatic N) is 4. The summed E-state index contributed by atoms with van der Waals surface area (Å²) >= 11 is 0. The summed E-state index contributed by atoms with van der Waals surface area (Å²) in [6.45, 7) is 7.00. The Labute approximate surface area is 147 Å². The van der Waals surface area contributed by atoms with Crippen molar-refractivity contribution in [3.8, 4) is 0 Å². The second-order valence-corrected chi connectivity index (χ2v) is 6.62. The molecular weight excluding hydrogens is 320 g/mol. The van der Waals surface area contributed by atoms with Gasteiger partial charge in [-0.2, -0.15) is 0 Å². The number of aromatic nitrogens is 4. The first-order valence-electron chi connectivity index (χ1n) is 8.93. The lowest BCUT2D eigenvalue weighted by molar-refractivity contribution is -0.125. The molecule has 0 atom stereocenters. The van der Waals surface area contributed by atoms with Crippen molar-refractivity contribution in [2.75, 3.05) is 31.1 Å². The van der Waals surface area contributed by atoms with Crippen molar-refractivity contribution in [1.82, 2.24) is 25.3 Å². The van der Waals surface area contributed by atoms with Crippen LogP contribution in [-0.2, 0) is 9.53 Å². The molecule has 1 amide bonds. The van der Waals surface area contributed by atoms with Gasteiger partial charge in [0.15, 0.2) is 11.5 Å². The Balaban J connectivity index is 1.45. The van der Waals surface area contributed by atoms with E-state index in [-0.39, 0.29) is 17.9 Å². The third kappa shape index (κ3) is 4.45. The number of rotatable bonds is 7. The Morgan fingerprint density at radius 1 is 1.36 bits per heavy atom. The largest absolute Gasteiger partial charge is 0.379 e. The average molecular weight is 346 g/mol. The van der Waals surface area contributed by atoms with E-state index >= 15 is 0 Å². The fourth-order valence-electron chi connectivity index (χ4n) is 3.09. The zero-order chi connectivity index (χ0) is 17.6. The van der Waals surface area contributed by atoms with Gasteiger partial charge in [0.2, 0.25) is 5.91 Å². The Morgan fingerprint density at radius 3 is 2.92 bits per heavy atom. The maximum absolute atomic E-state index is 12.3. The third-order valence-corrected chi connectivity index (χ3v) is 4.44. The predicted molar refractivity (Wildman–Crippen MR) is 95.3 cm³/mol. The number of amides is 1. The van der Waals surface area contributed by atoms with Gasteiger partial charge in [-0.15, -0.1) is 0 Å². The smallest absolute Gasteiger partial charge is 0.223 e. The Kier molecular flexibility index (Phi) is 5.80. The number of imidazole rings is 1. The van der Waals surface area contributed by atoms with Gasteiger partial charge in [0.1, 0.15) is 11.8 Å². The molecule has 136 valence electrons. The number of carbonyl (C=O) groups excluding carboxylic acids is 1. The number of piperidine rings is 1. The number of ether oxygens (including phenoxy) is 1. The second-order valence-electron chi connectivity index (χ2n) is 6.62. The number of carbonyl (C=O) groups is 1. The molecule has 3 rings (SSSR count). The molecule has 25 heavy (non-hydrogen) atoms. The van der Waals surface area contributed by atoms with Crippen molar-refractivity contribution in [2.24, 2.45) is 5.92 Å². The second kappa shape index (κ2) is 8.24. The number of aromatic amines is 1. The summed E-state index contributed by atoms with van der Waals surface area (Å²) in [5.41, 5.74) is 1.53. The van der Waals surface area contributed by atoms with E-state index in [1.807, 2.05) is 13.8 Å². The molecule has 0 aromatic carbocycles. The fourth-order valence-corrected chi connectivity index (χ4v) is 3.09. The first kappa shape index (κ1) is 17.6. The molecule has 2 aromatic rings. The number of fused-ring (bicyclic) bond motifs is 1. The summed E-state index contributed by atoms with van der Waals surface area (Å²) in [5, 5.41) is 3.03. The molecule has 1 aliphatic rings. The van der Waals surface area contributed by atoms with Crippen LogP contribution in [0.1, 0.15) is 33.1 Å². The van der Waals surface area contributed by atoms with Crippen molar-refractivity contribution in [3.63, 3.8) is 0 Å². The first-order valence-corrected chi connectivity index (χ1v) is 8.93. The summed E-state index contributed by atoms with van der Waals surface area (Å²) in [7, 11) is 0. The predicted octanol–water partition coefficient (Wildman–Crippen LogP) is 1.50. The quantitative estimate of drug-likeness (QED) is 0.738. The minimum absolute atomic E-state index is 0.0707. The van der Waals surface area contributed by atoms with Crippen LogP contribution in [0.4, 0.5) is 5.82 Å². The standard InChI is InChI=1S/C17H26N6O2/c1-12(2)25-9-3-6-18-17(24)13-4-7-23(8-5-13)16-14-15(20-10-19-14)21-11-22-16/h10-13H,3-9H2,1-2H3,(H,18,24)(H,19,20,21,22). The molecule has 8 nitrogen and oxygen atoms in total. The van der Waals surface area contributed by atoms with Gasteiger partial charge in [0, 0.05) is 32.2 Å². The third-order valence-electron chi connectivity index (χ3n) is 4.44. The lowest BCUT2D eigenvalue weighted by atomic mass is 9.96. The fraction of sp³-hybridized carbons (Fsp3) is 0.647. The zero-order valence-corrected chi connectivity index (χ0v) is 14.9. The highest BCUT2D eigenvalue weighted by atomic mass is 16.5. The molecular formula is C17H26N6O2. The first-order chi connectivity index (χ1) is 12.1. The van der Waals surface area contributed by atoms with E-state index in [9.17, 15) is 4.79 Å². The van der Waals surface area contributed by atoms with Crippen molar-refractivity contribution >= 4 is 22.9 Å². The van der Waals surface area contributed by atoms with E-state index < -0.39 is 0 Å². The van der Waals surface area contributed by atoms with Crippen LogP contribution < -0.4 is 10.2 Å². The van der Waals surface area contributed by atoms with Gasteiger partial charge < -0.3 is 19.9 Å². The van der Waals surface area contributed by atoms with Crippen LogP contribution in [0.25, 0.3) is 11.2 Å². The molecule has 8 heteroatoms. The normalized spacial score (nSPS) is 15.9. The van der Waals surface area contributed by atoms with Crippen LogP contribution in [-0.4, -0.2) is 58.2 Å². The number of anilines is 1. The van der Waals surface area contributed by atoms with E-state index in [1.165, 1.54) is 6.33 Å². The SMILES string of the molecule is CC(C)OCCCNC(=O)C1CCN(c2ncnc3nc[nH]c23)CC1. The number of nitrogens with one attached hydrogen (secondary N) is 2. The van der Waals surface area contributed by atoms with Gasteiger partial charge in [0.05, 0.1) is 12.4 Å². The Morgan fingerprint density at radius 2 is 2.16 bits per heavy atom. The molecule has 1 aliphatic heterocycles. The monoisotopic (exact) mass is 346 g/mol. The maximum atomic E-state index is 12.3. The van der Waals surface area contributed by atoms with Gasteiger partial charge in [0.25, 0.3) is 0 Å². The van der Waals surface area contributed by atoms with Gasteiger partial charge in [-0.1, -0.05) is 0 Å². The average Bonchev–Trinajstić information content (AvgIpc) is 3.10. The lowest BCUT2D eigenvalue weighted by Gasteiger charge is -2.32. The molecule has 0 aliphatic carbocycles. The molecule has 0 bridgehead atoms. The van der Waals surface area contributed by atoms with Gasteiger partial charge in [-0.05, 0) is 33.1 Å². The van der Waals surface area contributed by atoms with Crippen LogP contribution in [0.5, 0.6) is 0 Å². The highest BCUT2D eigenvalue weighted by molar-refractivity contribution is 5.83. The summed E-state index contributed by atoms with van der Waals surface area (Å²) in [5.74, 6) is 1.09. The Hall–Kier alpha value is -2.22. The topological polar surface area (TPSA) is 96.0 Å². The van der Waals surface area contributed by atoms with Crippen LogP contribution in [0, 0.1) is 5.92 Å². The van der Waals surface area contributed by atoms with Crippen LogP contribution in [0.15, 0.2) is 12.7 Å². The van der Waals surface area contributed by atoms with Gasteiger partial charge in [-0.3, -0.25) is 4.79 Å². The molecule has 0 spiro atoms. The molecule has 2 N–H and O–H groups in total. The van der Waals surface area contributed by atoms with E-state index in [2.05, 4.69) is 30.2 Å². The summed E-state index contributed by atoms with van der Waals surface area (Å²) in [6, 6.07) is 0. The molecule has 1 saturated heterocycles. The molecule has 1 fully saturated rings. The summed E-state index contributed by atoms with van der Waals surface area (Å²) in [6.07, 6.45) is 5.91. The maximum Gasteiger partial charge on any atom is 0.223 e. The van der Waals surface area contributed by atoms with E-state index in [0.29, 0.717) is 18.8 Å². The van der Waals surface area contributed by atoms with Crippen molar-refractivity contribution in [3.05, 3.63) is 12.7 Å². The van der Waals surface area contributed by atoms with Crippen molar-refractivity contribution < 1.29 is 9.53 Å². The number of hydrogen-bond donors (Lipinski definition) is 2. The van der Waals surface area contributed by atoms with Gasteiger partial charge in [-0.25, -0.2) is 15.0 Å². The van der Waals surface area contributed by atoms with Crippen molar-refractivity contribution in [1.29, 1.82) is 0 Å². The van der Waals surface area contributed by atoms with Crippen LogP contribution >= 0.6 is 0 Å². The molecule has 0 radical (unpaired) electrons. The summed E-state index contributed by atoms with van der Waals surface area (Å²) in [4.78, 5) is 30.3. The minimum Gasteiger partial charge on any atom is -0.379 e. The van der Waals surface area contributed by atoms with Crippen LogP contribution in [0.3, 0.4) is 0 Å². The van der Waals surface area contributed by atoms with E-state index in [0.717, 1.165) is 43.7 Å². The van der Waals surface area contributed by atoms with Crippen LogP contribution in [0.2, 0.25) is 0 Å². The molecule has 2 aromatic heterocycles. The highest BCUT2D eigenvalue weighted by Crippen LogP contribution is 2.25. The van der Waals surface area contributed by atoms with E-state index in [4.69, 9.17) is 4.74 Å². The van der Waals surface area contributed by atoms with Gasteiger partial charge >= 0.3 is 0 Å². The number of H-pyrrole nitrogens is 1. The lowest BCUT2D eigenvalue weighted by Crippen LogP contribution is -2.41. The van der Waals surface area contributed by atoms with Crippen molar-refractivity contribution in [2.45, 2.75) is 39.2 Å². The minimum atomic E-state index is 0.0707. The highest BCUT2D eigenvalue weighted by Gasteiger charge is 2.26. The summed E-state index contributed by atoms with van der Waals surface area (Å²) < 4.78 is 5.48. The molecule has 0 unspecified atom stereocenters. The number of hydrogen-bond acceptors (Lipinski definition) is 6. The molecule has 3 heterocycles.